The van der Waals surface area contributed by atoms with Crippen LogP contribution in [0.15, 0.2) is 58.8 Å². The maximum absolute atomic E-state index is 12.0. The summed E-state index contributed by atoms with van der Waals surface area (Å²) < 4.78 is 5.39. The second-order valence-electron chi connectivity index (χ2n) is 7.72. The van der Waals surface area contributed by atoms with Crippen LogP contribution in [0.1, 0.15) is 88.4 Å². The Bertz CT molecular complexity index is 827. The van der Waals surface area contributed by atoms with E-state index in [0.717, 1.165) is 12.8 Å². The van der Waals surface area contributed by atoms with Gasteiger partial charge in [0.2, 0.25) is 0 Å². The molecular weight excluding hydrogens is 388 g/mol. The number of nitrogens with zero attached hydrogens (tertiary/aromatic N) is 2. The minimum absolute atomic E-state index is 0.107. The fourth-order valence-corrected chi connectivity index (χ4v) is 3.20. The lowest BCUT2D eigenvalue weighted by Crippen LogP contribution is -2.07. The van der Waals surface area contributed by atoms with Crippen LogP contribution in [0.2, 0.25) is 0 Å². The zero-order valence-corrected chi connectivity index (χ0v) is 18.8. The van der Waals surface area contributed by atoms with Gasteiger partial charge in [-0.2, -0.15) is 10.2 Å². The molecule has 0 atom stereocenters. The van der Waals surface area contributed by atoms with Gasteiger partial charge in [0.25, 0.3) is 0 Å². The van der Waals surface area contributed by atoms with Crippen molar-refractivity contribution < 1.29 is 14.3 Å². The minimum Gasteiger partial charge on any atom is -0.427 e. The second kappa shape index (κ2) is 14.2. The van der Waals surface area contributed by atoms with Crippen molar-refractivity contribution in [2.24, 2.45) is 10.2 Å². The van der Waals surface area contributed by atoms with E-state index in [4.69, 9.17) is 4.74 Å². The van der Waals surface area contributed by atoms with E-state index in [0.29, 0.717) is 35.5 Å². The van der Waals surface area contributed by atoms with Gasteiger partial charge in [0.05, 0.1) is 11.4 Å². The van der Waals surface area contributed by atoms with Crippen LogP contribution in [-0.2, 0) is 4.79 Å². The van der Waals surface area contributed by atoms with E-state index in [-0.39, 0.29) is 11.8 Å². The molecule has 0 N–H and O–H groups in total. The summed E-state index contributed by atoms with van der Waals surface area (Å²) >= 11 is 0. The van der Waals surface area contributed by atoms with Crippen molar-refractivity contribution in [1.29, 1.82) is 0 Å². The highest BCUT2D eigenvalue weighted by Crippen LogP contribution is 2.22. The van der Waals surface area contributed by atoms with Crippen molar-refractivity contribution >= 4 is 23.1 Å². The van der Waals surface area contributed by atoms with Crippen molar-refractivity contribution in [3.05, 3.63) is 54.1 Å². The first-order chi connectivity index (χ1) is 15.1. The summed E-state index contributed by atoms with van der Waals surface area (Å²) in [6.07, 6.45) is 10.5. The normalized spacial score (nSPS) is 11.0. The number of azo groups is 1. The molecule has 0 spiro atoms. The molecule has 0 radical (unpaired) electrons. The lowest BCUT2D eigenvalue weighted by Gasteiger charge is -2.05. The number of ketones is 1. The molecule has 166 valence electrons. The molecule has 5 nitrogen and oxygen atoms in total. The van der Waals surface area contributed by atoms with Crippen molar-refractivity contribution in [3.63, 3.8) is 0 Å². The number of Topliss-reactive ketones (excluding diaryl/α,β-unsaturated/α-hetero) is 1. The highest BCUT2D eigenvalue weighted by atomic mass is 16.5. The van der Waals surface area contributed by atoms with Gasteiger partial charge in [-0.1, -0.05) is 58.8 Å². The molecule has 2 aromatic rings. The van der Waals surface area contributed by atoms with Crippen molar-refractivity contribution in [2.45, 2.75) is 78.1 Å². The van der Waals surface area contributed by atoms with Crippen LogP contribution in [0.25, 0.3) is 0 Å². The maximum atomic E-state index is 12.0. The summed E-state index contributed by atoms with van der Waals surface area (Å²) in [5.74, 6) is 0.434. The Morgan fingerprint density at radius 3 is 1.77 bits per heavy atom. The molecule has 0 aromatic heterocycles. The zero-order valence-electron chi connectivity index (χ0n) is 18.8. The van der Waals surface area contributed by atoms with Gasteiger partial charge in [-0.25, -0.2) is 0 Å². The van der Waals surface area contributed by atoms with Gasteiger partial charge in [0.15, 0.2) is 5.78 Å². The third-order valence-corrected chi connectivity index (χ3v) is 5.09. The maximum Gasteiger partial charge on any atom is 0.311 e. The monoisotopic (exact) mass is 422 g/mol. The topological polar surface area (TPSA) is 68.1 Å². The average molecular weight is 423 g/mol. The van der Waals surface area contributed by atoms with Crippen LogP contribution in [0.5, 0.6) is 5.75 Å². The van der Waals surface area contributed by atoms with Gasteiger partial charge in [-0.3, -0.25) is 9.59 Å². The van der Waals surface area contributed by atoms with E-state index in [1.165, 1.54) is 38.5 Å². The molecule has 0 aliphatic carbocycles. The number of carbonyl (C=O) groups is 2. The lowest BCUT2D eigenvalue weighted by molar-refractivity contribution is -0.134. The van der Waals surface area contributed by atoms with Gasteiger partial charge >= 0.3 is 5.97 Å². The Morgan fingerprint density at radius 2 is 1.23 bits per heavy atom. The summed E-state index contributed by atoms with van der Waals surface area (Å²) in [5, 5.41) is 8.37. The molecule has 0 aliphatic heterocycles. The Morgan fingerprint density at radius 1 is 0.710 bits per heavy atom. The standard InChI is InChI=1S/C26H34N2O3/c1-3-5-6-7-8-9-10-11-12-26(30)31-24-19-17-23(18-20-24)28-27-22-15-13-21(14-16-22)25(29)4-2/h13-20H,3-12H2,1-2H3. The molecule has 0 saturated carbocycles. The molecule has 0 saturated heterocycles. The van der Waals surface area contributed by atoms with Gasteiger partial charge in [0.1, 0.15) is 5.75 Å². The fourth-order valence-electron chi connectivity index (χ4n) is 3.20. The first kappa shape index (κ1) is 24.4. The van der Waals surface area contributed by atoms with Crippen LogP contribution < -0.4 is 4.74 Å². The summed E-state index contributed by atoms with van der Waals surface area (Å²) in [5.41, 5.74) is 2.02. The average Bonchev–Trinajstić information content (AvgIpc) is 2.80. The van der Waals surface area contributed by atoms with Crippen molar-refractivity contribution in [2.75, 3.05) is 0 Å². The molecule has 5 heteroatoms. The van der Waals surface area contributed by atoms with E-state index in [9.17, 15) is 9.59 Å². The van der Waals surface area contributed by atoms with Gasteiger partial charge in [-0.05, 0) is 55.0 Å². The first-order valence-corrected chi connectivity index (χ1v) is 11.5. The van der Waals surface area contributed by atoms with Crippen LogP contribution >= 0.6 is 0 Å². The number of benzene rings is 2. The van der Waals surface area contributed by atoms with E-state index in [1.54, 1.807) is 48.5 Å². The number of carbonyl (C=O) groups excluding carboxylic acids is 2. The first-order valence-electron chi connectivity index (χ1n) is 11.5. The van der Waals surface area contributed by atoms with Gasteiger partial charge in [0, 0.05) is 18.4 Å². The van der Waals surface area contributed by atoms with E-state index in [1.807, 2.05) is 6.92 Å². The van der Waals surface area contributed by atoms with E-state index >= 15 is 0 Å². The molecule has 0 amide bonds. The van der Waals surface area contributed by atoms with Crippen LogP contribution in [-0.4, -0.2) is 11.8 Å². The quantitative estimate of drug-likeness (QED) is 0.101. The molecule has 0 aliphatic rings. The molecule has 2 rings (SSSR count). The Labute approximate surface area is 185 Å². The number of ether oxygens (including phenoxy) is 1. The predicted molar refractivity (Wildman–Crippen MR) is 125 cm³/mol. The molecule has 0 fully saturated rings. The second-order valence-corrected chi connectivity index (χ2v) is 7.72. The van der Waals surface area contributed by atoms with Crippen LogP contribution in [0, 0.1) is 0 Å². The van der Waals surface area contributed by atoms with Crippen LogP contribution in [0.3, 0.4) is 0 Å². The molecule has 31 heavy (non-hydrogen) atoms. The number of hydrogen-bond donors (Lipinski definition) is 0. The number of unbranched alkanes of at least 4 members (excludes halogenated alkanes) is 7. The van der Waals surface area contributed by atoms with Crippen LogP contribution in [0.4, 0.5) is 11.4 Å². The van der Waals surface area contributed by atoms with Gasteiger partial charge < -0.3 is 4.74 Å². The summed E-state index contributed by atoms with van der Waals surface area (Å²) in [4.78, 5) is 23.6. The molecule has 2 aromatic carbocycles. The Balaban J connectivity index is 1.70. The lowest BCUT2D eigenvalue weighted by atomic mass is 10.1. The third kappa shape index (κ3) is 9.69. The molecule has 0 bridgehead atoms. The zero-order chi connectivity index (χ0) is 22.3. The minimum atomic E-state index is -0.193. The summed E-state index contributed by atoms with van der Waals surface area (Å²) in [6.45, 7) is 4.06. The number of rotatable bonds is 14. The molecule has 0 heterocycles. The largest absolute Gasteiger partial charge is 0.427 e. The van der Waals surface area contributed by atoms with E-state index < -0.39 is 0 Å². The fraction of sp³-hybridized carbons (Fsp3) is 0.462. The highest BCUT2D eigenvalue weighted by molar-refractivity contribution is 5.96. The predicted octanol–water partition coefficient (Wildman–Crippen LogP) is 8.13. The van der Waals surface area contributed by atoms with Crippen molar-refractivity contribution in [1.82, 2.24) is 0 Å². The number of esters is 1. The van der Waals surface area contributed by atoms with Gasteiger partial charge in [-0.15, -0.1) is 0 Å². The highest BCUT2D eigenvalue weighted by Gasteiger charge is 2.05. The summed E-state index contributed by atoms with van der Waals surface area (Å²) in [6, 6.07) is 14.0. The Kier molecular flexibility index (Phi) is 11.2. The number of hydrogen-bond acceptors (Lipinski definition) is 5. The van der Waals surface area contributed by atoms with Crippen molar-refractivity contribution in [3.8, 4) is 5.75 Å². The Hall–Kier alpha value is -2.82. The molecular formula is C26H34N2O3. The smallest absolute Gasteiger partial charge is 0.311 e. The molecule has 0 unspecified atom stereocenters. The summed E-state index contributed by atoms with van der Waals surface area (Å²) in [7, 11) is 0. The van der Waals surface area contributed by atoms with E-state index in [2.05, 4.69) is 17.2 Å². The third-order valence-electron chi connectivity index (χ3n) is 5.09. The SMILES string of the molecule is CCCCCCCCCCC(=O)Oc1ccc(N=Nc2ccc(C(=O)CC)cc2)cc1.